The predicted molar refractivity (Wildman–Crippen MR) is 73.8 cm³/mol. The van der Waals surface area contributed by atoms with E-state index in [2.05, 4.69) is 15.3 Å². The lowest BCUT2D eigenvalue weighted by Gasteiger charge is -2.21. The van der Waals surface area contributed by atoms with Gasteiger partial charge in [0.2, 0.25) is 0 Å². The van der Waals surface area contributed by atoms with Crippen molar-refractivity contribution in [2.45, 2.75) is 26.3 Å². The van der Waals surface area contributed by atoms with E-state index in [1.807, 2.05) is 13.8 Å². The highest BCUT2D eigenvalue weighted by atomic mass is 19.3. The lowest BCUT2D eigenvalue weighted by atomic mass is 10.1. The first-order valence-electron chi connectivity index (χ1n) is 6.45. The van der Waals surface area contributed by atoms with Crippen LogP contribution in [0.1, 0.15) is 26.1 Å². The number of alkyl halides is 2. The average molecular weight is 281 g/mol. The summed E-state index contributed by atoms with van der Waals surface area (Å²) in [5.74, 6) is -0.0333. The van der Waals surface area contributed by atoms with Gasteiger partial charge >= 0.3 is 0 Å². The van der Waals surface area contributed by atoms with E-state index in [0.717, 1.165) is 0 Å². The van der Waals surface area contributed by atoms with Gasteiger partial charge in [0.25, 0.3) is 6.43 Å². The summed E-state index contributed by atoms with van der Waals surface area (Å²) in [7, 11) is 0. The Balaban J connectivity index is 2.49. The minimum atomic E-state index is -2.73. The molecule has 2 rings (SSSR count). The van der Waals surface area contributed by atoms with Gasteiger partial charge in [-0.3, -0.25) is 0 Å². The summed E-state index contributed by atoms with van der Waals surface area (Å²) in [5.41, 5.74) is 0.459. The number of fused-ring (bicyclic) bond motifs is 1. The topological polar surface area (TPSA) is 58.0 Å². The van der Waals surface area contributed by atoms with Crippen LogP contribution in [0.25, 0.3) is 10.9 Å². The molecule has 0 unspecified atom stereocenters. The zero-order chi connectivity index (χ0) is 14.7. The molecule has 0 amide bonds. The van der Waals surface area contributed by atoms with Crippen molar-refractivity contribution in [3.63, 3.8) is 0 Å². The Morgan fingerprint density at radius 3 is 2.50 bits per heavy atom. The van der Waals surface area contributed by atoms with Gasteiger partial charge in [-0.1, -0.05) is 26.0 Å². The molecule has 0 aliphatic heterocycles. The van der Waals surface area contributed by atoms with Crippen LogP contribution in [0.5, 0.6) is 0 Å². The van der Waals surface area contributed by atoms with E-state index < -0.39 is 12.2 Å². The van der Waals surface area contributed by atoms with Crippen molar-refractivity contribution in [2.24, 2.45) is 5.92 Å². The third-order valence-corrected chi connectivity index (χ3v) is 3.14. The lowest BCUT2D eigenvalue weighted by molar-refractivity contribution is 0.141. The van der Waals surface area contributed by atoms with Crippen LogP contribution >= 0.6 is 0 Å². The molecule has 1 aromatic heterocycles. The third kappa shape index (κ3) is 3.01. The molecular formula is C14H17F2N3O. The largest absolute Gasteiger partial charge is 0.394 e. The molecule has 1 atom stereocenters. The molecule has 0 bridgehead atoms. The summed E-state index contributed by atoms with van der Waals surface area (Å²) in [5, 5.41) is 13.0. The normalized spacial score (nSPS) is 13.2. The van der Waals surface area contributed by atoms with Crippen LogP contribution in [0.2, 0.25) is 0 Å². The number of rotatable bonds is 5. The first kappa shape index (κ1) is 14.6. The molecule has 0 saturated carbocycles. The molecule has 108 valence electrons. The first-order chi connectivity index (χ1) is 9.52. The van der Waals surface area contributed by atoms with Crippen molar-refractivity contribution in [3.05, 3.63) is 30.1 Å². The second-order valence-electron chi connectivity index (χ2n) is 4.93. The number of hydrogen-bond acceptors (Lipinski definition) is 4. The lowest BCUT2D eigenvalue weighted by Crippen LogP contribution is -2.30. The number of halogens is 2. The summed E-state index contributed by atoms with van der Waals surface area (Å²) in [6, 6.07) is 6.71. The highest BCUT2D eigenvalue weighted by Crippen LogP contribution is 2.25. The van der Waals surface area contributed by atoms with Gasteiger partial charge in [0.1, 0.15) is 5.82 Å². The Morgan fingerprint density at radius 1 is 1.20 bits per heavy atom. The Morgan fingerprint density at radius 2 is 1.90 bits per heavy atom. The van der Waals surface area contributed by atoms with Crippen molar-refractivity contribution in [2.75, 3.05) is 11.9 Å². The van der Waals surface area contributed by atoms with E-state index in [-0.39, 0.29) is 18.6 Å². The zero-order valence-electron chi connectivity index (χ0n) is 11.3. The summed E-state index contributed by atoms with van der Waals surface area (Å²) in [4.78, 5) is 7.74. The number of nitrogens with zero attached hydrogens (tertiary/aromatic N) is 2. The standard InChI is InChI=1S/C14H17F2N3O/c1-8(2)11(7-20)18-13-9-5-3-4-6-10(9)17-14(19-13)12(15)16/h3-6,8,11-12,20H,7H2,1-2H3,(H,17,18,19)/t11-/m1/s1. The van der Waals surface area contributed by atoms with Crippen LogP contribution in [-0.2, 0) is 0 Å². The molecule has 2 aromatic rings. The molecular weight excluding hydrogens is 264 g/mol. The molecule has 1 aromatic carbocycles. The van der Waals surface area contributed by atoms with Gasteiger partial charge in [0.05, 0.1) is 18.2 Å². The Labute approximate surface area is 115 Å². The van der Waals surface area contributed by atoms with Crippen molar-refractivity contribution in [1.82, 2.24) is 9.97 Å². The van der Waals surface area contributed by atoms with Crippen LogP contribution in [0, 0.1) is 5.92 Å². The number of anilines is 1. The SMILES string of the molecule is CC(C)[C@@H](CO)Nc1nc(C(F)F)nc2ccccc12. The fraction of sp³-hybridized carbons (Fsp3) is 0.429. The number of nitrogens with one attached hydrogen (secondary N) is 1. The van der Waals surface area contributed by atoms with E-state index in [9.17, 15) is 13.9 Å². The highest BCUT2D eigenvalue weighted by molar-refractivity contribution is 5.89. The van der Waals surface area contributed by atoms with E-state index in [0.29, 0.717) is 16.7 Å². The minimum Gasteiger partial charge on any atom is -0.394 e. The molecule has 1 heterocycles. The number of para-hydroxylation sites is 1. The van der Waals surface area contributed by atoms with Crippen molar-refractivity contribution in [1.29, 1.82) is 0 Å². The van der Waals surface area contributed by atoms with E-state index in [4.69, 9.17) is 0 Å². The monoisotopic (exact) mass is 281 g/mol. The molecule has 6 heteroatoms. The van der Waals surface area contributed by atoms with Gasteiger partial charge < -0.3 is 10.4 Å². The molecule has 20 heavy (non-hydrogen) atoms. The molecule has 0 spiro atoms. The number of aliphatic hydroxyl groups is 1. The number of aromatic nitrogens is 2. The fourth-order valence-electron chi connectivity index (χ4n) is 1.90. The molecule has 0 saturated heterocycles. The maximum atomic E-state index is 12.9. The predicted octanol–water partition coefficient (Wildman–Crippen LogP) is 3.00. The van der Waals surface area contributed by atoms with Crippen LogP contribution in [0.3, 0.4) is 0 Å². The van der Waals surface area contributed by atoms with Gasteiger partial charge in [-0.2, -0.15) is 0 Å². The number of benzene rings is 1. The maximum absolute atomic E-state index is 12.9. The summed E-state index contributed by atoms with van der Waals surface area (Å²) < 4.78 is 25.7. The Kier molecular flexibility index (Phi) is 4.44. The zero-order valence-corrected chi connectivity index (χ0v) is 11.3. The highest BCUT2D eigenvalue weighted by Gasteiger charge is 2.18. The van der Waals surface area contributed by atoms with E-state index in [1.54, 1.807) is 24.3 Å². The minimum absolute atomic E-state index is 0.0972. The van der Waals surface area contributed by atoms with Crippen molar-refractivity contribution >= 4 is 16.7 Å². The second-order valence-corrected chi connectivity index (χ2v) is 4.93. The van der Waals surface area contributed by atoms with Crippen molar-refractivity contribution < 1.29 is 13.9 Å². The quantitative estimate of drug-likeness (QED) is 0.884. The Bertz CT molecular complexity index is 590. The van der Waals surface area contributed by atoms with Crippen LogP contribution < -0.4 is 5.32 Å². The van der Waals surface area contributed by atoms with Crippen LogP contribution in [0.4, 0.5) is 14.6 Å². The average Bonchev–Trinajstić information content (AvgIpc) is 2.43. The summed E-state index contributed by atoms with van der Waals surface area (Å²) in [6.07, 6.45) is -2.73. The van der Waals surface area contributed by atoms with Gasteiger partial charge in [0, 0.05) is 5.39 Å². The van der Waals surface area contributed by atoms with E-state index >= 15 is 0 Å². The molecule has 0 radical (unpaired) electrons. The third-order valence-electron chi connectivity index (χ3n) is 3.14. The molecule has 2 N–H and O–H groups in total. The van der Waals surface area contributed by atoms with E-state index in [1.165, 1.54) is 0 Å². The van der Waals surface area contributed by atoms with Crippen LogP contribution in [0.15, 0.2) is 24.3 Å². The van der Waals surface area contributed by atoms with Gasteiger partial charge in [-0.15, -0.1) is 0 Å². The molecule has 0 aliphatic rings. The van der Waals surface area contributed by atoms with Gasteiger partial charge in [0.15, 0.2) is 5.82 Å². The summed E-state index contributed by atoms with van der Waals surface area (Å²) in [6.45, 7) is 3.77. The van der Waals surface area contributed by atoms with Crippen molar-refractivity contribution in [3.8, 4) is 0 Å². The smallest absolute Gasteiger partial charge is 0.297 e. The Hall–Kier alpha value is -1.82. The molecule has 0 aliphatic carbocycles. The molecule has 0 fully saturated rings. The first-order valence-corrected chi connectivity index (χ1v) is 6.45. The molecule has 4 nitrogen and oxygen atoms in total. The maximum Gasteiger partial charge on any atom is 0.297 e. The van der Waals surface area contributed by atoms with Gasteiger partial charge in [-0.25, -0.2) is 18.7 Å². The van der Waals surface area contributed by atoms with Gasteiger partial charge in [-0.05, 0) is 18.1 Å². The summed E-state index contributed by atoms with van der Waals surface area (Å²) >= 11 is 0. The van der Waals surface area contributed by atoms with Crippen LogP contribution in [-0.4, -0.2) is 27.7 Å². The number of hydrogen-bond donors (Lipinski definition) is 2. The number of aliphatic hydroxyl groups excluding tert-OH is 1. The second kappa shape index (κ2) is 6.09. The fourth-order valence-corrected chi connectivity index (χ4v) is 1.90.